The molecule has 4 aliphatic carbocycles. The Bertz CT molecular complexity index is 329. The van der Waals surface area contributed by atoms with E-state index in [1.807, 2.05) is 0 Å². The van der Waals surface area contributed by atoms with Crippen LogP contribution in [0.1, 0.15) is 64.2 Å². The van der Waals surface area contributed by atoms with Gasteiger partial charge in [0.25, 0.3) is 0 Å². The second kappa shape index (κ2) is 4.46. The van der Waals surface area contributed by atoms with Gasteiger partial charge in [-0.2, -0.15) is 0 Å². The lowest BCUT2D eigenvalue weighted by Gasteiger charge is -2.65. The summed E-state index contributed by atoms with van der Waals surface area (Å²) in [6, 6.07) is 0. The molecule has 1 heterocycles. The fraction of sp³-hybridized carbons (Fsp3) is 1.00. The highest BCUT2D eigenvalue weighted by molar-refractivity contribution is 5.12. The minimum atomic E-state index is 0.538. The summed E-state index contributed by atoms with van der Waals surface area (Å²) in [4.78, 5) is 2.93. The summed E-state index contributed by atoms with van der Waals surface area (Å²) < 4.78 is 0. The second-order valence-electron chi connectivity index (χ2n) is 8.29. The van der Waals surface area contributed by atoms with Crippen molar-refractivity contribution in [1.82, 2.24) is 4.90 Å². The molecule has 4 saturated carbocycles. The van der Waals surface area contributed by atoms with Gasteiger partial charge in [-0.1, -0.05) is 12.8 Å². The molecule has 4 bridgehead atoms. The lowest BCUT2D eigenvalue weighted by atomic mass is 9.46. The predicted octanol–water partition coefficient (Wildman–Crippen LogP) is 3.16. The predicted molar refractivity (Wildman–Crippen MR) is 78.9 cm³/mol. The molecule has 19 heavy (non-hydrogen) atoms. The van der Waals surface area contributed by atoms with Crippen molar-refractivity contribution in [1.29, 1.82) is 0 Å². The minimum Gasteiger partial charge on any atom is -0.330 e. The van der Waals surface area contributed by atoms with E-state index in [1.54, 1.807) is 0 Å². The van der Waals surface area contributed by atoms with Gasteiger partial charge < -0.3 is 5.73 Å². The summed E-state index contributed by atoms with van der Waals surface area (Å²) in [6.07, 6.45) is 14.7. The van der Waals surface area contributed by atoms with Gasteiger partial charge in [0, 0.05) is 5.54 Å². The van der Waals surface area contributed by atoms with Crippen molar-refractivity contribution in [3.05, 3.63) is 0 Å². The Morgan fingerprint density at radius 3 is 2.11 bits per heavy atom. The molecule has 0 amide bonds. The van der Waals surface area contributed by atoms with E-state index in [0.717, 1.165) is 18.4 Å². The van der Waals surface area contributed by atoms with Crippen LogP contribution in [0.25, 0.3) is 0 Å². The fourth-order valence-electron chi connectivity index (χ4n) is 6.56. The van der Waals surface area contributed by atoms with Crippen LogP contribution in [0.15, 0.2) is 0 Å². The maximum atomic E-state index is 6.23. The zero-order valence-corrected chi connectivity index (χ0v) is 12.4. The van der Waals surface area contributed by atoms with E-state index in [-0.39, 0.29) is 0 Å². The monoisotopic (exact) mass is 262 g/mol. The first-order chi connectivity index (χ1) is 9.24. The van der Waals surface area contributed by atoms with Crippen molar-refractivity contribution in [2.45, 2.75) is 69.7 Å². The highest BCUT2D eigenvalue weighted by atomic mass is 15.2. The van der Waals surface area contributed by atoms with Crippen molar-refractivity contribution in [3.63, 3.8) is 0 Å². The van der Waals surface area contributed by atoms with Crippen LogP contribution in [0.5, 0.6) is 0 Å². The number of hydrogen-bond donors (Lipinski definition) is 1. The van der Waals surface area contributed by atoms with E-state index in [4.69, 9.17) is 5.73 Å². The van der Waals surface area contributed by atoms with Gasteiger partial charge in [-0.05, 0) is 88.3 Å². The van der Waals surface area contributed by atoms with E-state index >= 15 is 0 Å². The van der Waals surface area contributed by atoms with Crippen molar-refractivity contribution in [2.75, 3.05) is 19.6 Å². The quantitative estimate of drug-likeness (QED) is 0.828. The average molecular weight is 262 g/mol. The average Bonchev–Trinajstić information content (AvgIpc) is 2.66. The van der Waals surface area contributed by atoms with Crippen molar-refractivity contribution in [2.24, 2.45) is 23.0 Å². The molecule has 2 N–H and O–H groups in total. The van der Waals surface area contributed by atoms with Crippen LogP contribution in [0.4, 0.5) is 0 Å². The van der Waals surface area contributed by atoms with Crippen LogP contribution in [-0.4, -0.2) is 30.1 Å². The molecule has 2 unspecified atom stereocenters. The molecule has 1 aliphatic heterocycles. The van der Waals surface area contributed by atoms with E-state index in [0.29, 0.717) is 11.0 Å². The fourth-order valence-corrected chi connectivity index (χ4v) is 6.56. The smallest absolute Gasteiger partial charge is 0.0220 e. The molecule has 5 fully saturated rings. The molecule has 0 spiro atoms. The second-order valence-corrected chi connectivity index (χ2v) is 8.29. The van der Waals surface area contributed by atoms with Gasteiger partial charge in [0.2, 0.25) is 0 Å². The Labute approximate surface area is 118 Å². The van der Waals surface area contributed by atoms with E-state index in [1.165, 1.54) is 77.3 Å². The van der Waals surface area contributed by atoms with Crippen molar-refractivity contribution in [3.8, 4) is 0 Å². The molecule has 2 nitrogen and oxygen atoms in total. The first-order valence-corrected chi connectivity index (χ1v) is 8.69. The van der Waals surface area contributed by atoms with Gasteiger partial charge in [0.05, 0.1) is 0 Å². The Balaban J connectivity index is 1.62. The van der Waals surface area contributed by atoms with Crippen molar-refractivity contribution < 1.29 is 0 Å². The third-order valence-electron chi connectivity index (χ3n) is 6.86. The molecular formula is C17H30N2. The van der Waals surface area contributed by atoms with Gasteiger partial charge in [-0.3, -0.25) is 4.90 Å². The molecule has 5 rings (SSSR count). The van der Waals surface area contributed by atoms with Crippen LogP contribution < -0.4 is 5.73 Å². The molecule has 0 aromatic rings. The number of rotatable bonds is 2. The van der Waals surface area contributed by atoms with Crippen molar-refractivity contribution >= 4 is 0 Å². The van der Waals surface area contributed by atoms with Crippen LogP contribution in [0, 0.1) is 17.3 Å². The largest absolute Gasteiger partial charge is 0.330 e. The summed E-state index contributed by atoms with van der Waals surface area (Å²) in [5, 5.41) is 0. The Morgan fingerprint density at radius 2 is 1.53 bits per heavy atom. The Hall–Kier alpha value is -0.0800. The van der Waals surface area contributed by atoms with E-state index < -0.39 is 0 Å². The summed E-state index contributed by atoms with van der Waals surface area (Å²) in [5.74, 6) is 2.01. The summed E-state index contributed by atoms with van der Waals surface area (Å²) in [5.41, 5.74) is 7.34. The van der Waals surface area contributed by atoms with Crippen LogP contribution in [0.2, 0.25) is 0 Å². The van der Waals surface area contributed by atoms with Crippen LogP contribution >= 0.6 is 0 Å². The molecule has 2 atom stereocenters. The summed E-state index contributed by atoms with van der Waals surface area (Å²) in [6.45, 7) is 3.70. The third kappa shape index (κ3) is 1.98. The standard InChI is InChI=1S/C17H30N2/c18-13-16-8-14-7-15(9-16)11-17(10-14,12-16)19-5-3-1-2-4-6-19/h14-15H,1-13,18H2. The molecular weight excluding hydrogens is 232 g/mol. The van der Waals surface area contributed by atoms with Gasteiger partial charge >= 0.3 is 0 Å². The van der Waals surface area contributed by atoms with Gasteiger partial charge in [-0.25, -0.2) is 0 Å². The normalized spacial score (nSPS) is 50.4. The Morgan fingerprint density at radius 1 is 0.895 bits per heavy atom. The molecule has 0 aromatic carbocycles. The van der Waals surface area contributed by atoms with Crippen LogP contribution in [-0.2, 0) is 0 Å². The lowest BCUT2D eigenvalue weighted by molar-refractivity contribution is -0.128. The zero-order chi connectivity index (χ0) is 12.9. The van der Waals surface area contributed by atoms with Gasteiger partial charge in [-0.15, -0.1) is 0 Å². The first kappa shape index (κ1) is 12.6. The Kier molecular flexibility index (Phi) is 2.97. The third-order valence-corrected chi connectivity index (χ3v) is 6.86. The maximum absolute atomic E-state index is 6.23. The summed E-state index contributed by atoms with van der Waals surface area (Å²) >= 11 is 0. The highest BCUT2D eigenvalue weighted by Gasteiger charge is 2.58. The highest BCUT2D eigenvalue weighted by Crippen LogP contribution is 2.63. The van der Waals surface area contributed by atoms with Gasteiger partial charge in [0.1, 0.15) is 0 Å². The molecule has 1 saturated heterocycles. The number of nitrogens with zero attached hydrogens (tertiary/aromatic N) is 1. The molecule has 0 radical (unpaired) electrons. The van der Waals surface area contributed by atoms with Crippen LogP contribution in [0.3, 0.4) is 0 Å². The molecule has 108 valence electrons. The molecule has 2 heteroatoms. The SMILES string of the molecule is NCC12CC3CC(C1)CC(N1CCCCCC1)(C3)C2. The zero-order valence-electron chi connectivity index (χ0n) is 12.4. The molecule has 0 aromatic heterocycles. The lowest BCUT2D eigenvalue weighted by Crippen LogP contribution is -2.64. The number of nitrogens with two attached hydrogens (primary N) is 1. The maximum Gasteiger partial charge on any atom is 0.0220 e. The minimum absolute atomic E-state index is 0.538. The topological polar surface area (TPSA) is 29.3 Å². The molecule has 5 aliphatic rings. The number of likely N-dealkylation sites (tertiary alicyclic amines) is 1. The first-order valence-electron chi connectivity index (χ1n) is 8.69. The van der Waals surface area contributed by atoms with Gasteiger partial charge in [0.15, 0.2) is 0 Å². The van der Waals surface area contributed by atoms with E-state index in [2.05, 4.69) is 4.90 Å². The summed E-state index contributed by atoms with van der Waals surface area (Å²) in [7, 11) is 0. The van der Waals surface area contributed by atoms with E-state index in [9.17, 15) is 0 Å². The number of hydrogen-bond acceptors (Lipinski definition) is 2.